The smallest absolute Gasteiger partial charge is 0.138 e. The maximum atomic E-state index is 4.32. The first-order chi connectivity index (χ1) is 8.79. The molecule has 1 atom stereocenters. The third kappa shape index (κ3) is 3.67. The third-order valence-electron chi connectivity index (χ3n) is 3.62. The lowest BCUT2D eigenvalue weighted by Gasteiger charge is -2.21. The van der Waals surface area contributed by atoms with Gasteiger partial charge in [-0.15, -0.1) is 0 Å². The number of allylic oxidation sites excluding steroid dienone is 1. The van der Waals surface area contributed by atoms with Gasteiger partial charge in [-0.1, -0.05) is 18.6 Å². The second kappa shape index (κ2) is 6.69. The average Bonchev–Trinajstić information content (AvgIpc) is 2.77. The van der Waals surface area contributed by atoms with Crippen LogP contribution in [0.4, 0.5) is 0 Å². The fourth-order valence-electron chi connectivity index (χ4n) is 2.64. The van der Waals surface area contributed by atoms with Gasteiger partial charge in [0, 0.05) is 19.5 Å². The highest BCUT2D eigenvalue weighted by atomic mass is 15.3. The molecule has 1 aromatic rings. The van der Waals surface area contributed by atoms with E-state index < -0.39 is 0 Å². The number of nitrogens with zero attached hydrogens (tertiary/aromatic N) is 3. The van der Waals surface area contributed by atoms with Crippen LogP contribution in [-0.2, 0) is 13.5 Å². The van der Waals surface area contributed by atoms with Crippen LogP contribution >= 0.6 is 0 Å². The molecule has 18 heavy (non-hydrogen) atoms. The predicted octanol–water partition coefficient (Wildman–Crippen LogP) is 2.23. The second-order valence-corrected chi connectivity index (χ2v) is 5.07. The average molecular weight is 248 g/mol. The predicted molar refractivity (Wildman–Crippen MR) is 73.3 cm³/mol. The Balaban J connectivity index is 1.95. The summed E-state index contributed by atoms with van der Waals surface area (Å²) in [5.41, 5.74) is 1.62. The van der Waals surface area contributed by atoms with Gasteiger partial charge in [0.2, 0.25) is 0 Å². The minimum absolute atomic E-state index is 0.488. The van der Waals surface area contributed by atoms with E-state index >= 15 is 0 Å². The van der Waals surface area contributed by atoms with Crippen molar-refractivity contribution >= 4 is 0 Å². The Kier molecular flexibility index (Phi) is 4.93. The Bertz CT molecular complexity index is 394. The lowest BCUT2D eigenvalue weighted by Crippen LogP contribution is -2.32. The summed E-state index contributed by atoms with van der Waals surface area (Å²) in [6.07, 6.45) is 11.4. The lowest BCUT2D eigenvalue weighted by molar-refractivity contribution is 0.485. The molecule has 0 saturated carbocycles. The van der Waals surface area contributed by atoms with Crippen LogP contribution in [0.25, 0.3) is 0 Å². The summed E-state index contributed by atoms with van der Waals surface area (Å²) < 4.78 is 1.87. The number of aryl methyl sites for hydroxylation is 1. The molecule has 0 aliphatic heterocycles. The summed E-state index contributed by atoms with van der Waals surface area (Å²) in [5.74, 6) is 1.07. The summed E-state index contributed by atoms with van der Waals surface area (Å²) in [7, 11) is 1.96. The van der Waals surface area contributed by atoms with Crippen LogP contribution in [0.5, 0.6) is 0 Å². The van der Waals surface area contributed by atoms with Crippen molar-refractivity contribution in [2.45, 2.75) is 51.5 Å². The van der Waals surface area contributed by atoms with Crippen LogP contribution in [0.1, 0.15) is 44.9 Å². The van der Waals surface area contributed by atoms with Gasteiger partial charge in [0.05, 0.1) is 0 Å². The van der Waals surface area contributed by atoms with Crippen molar-refractivity contribution in [3.8, 4) is 0 Å². The molecule has 4 nitrogen and oxygen atoms in total. The number of rotatable bonds is 6. The summed E-state index contributed by atoms with van der Waals surface area (Å²) in [5, 5.41) is 7.71. The number of hydrogen-bond acceptors (Lipinski definition) is 3. The van der Waals surface area contributed by atoms with E-state index in [1.807, 2.05) is 11.7 Å². The molecule has 1 unspecified atom stereocenters. The first kappa shape index (κ1) is 13.3. The molecular weight excluding hydrogens is 224 g/mol. The SMILES string of the molecule is CCNC(CC1=CCCCC1)Cc1ncnn1C. The summed E-state index contributed by atoms with van der Waals surface area (Å²) in [6.45, 7) is 3.18. The van der Waals surface area contributed by atoms with Crippen LogP contribution in [0, 0.1) is 0 Å². The highest BCUT2D eigenvalue weighted by Gasteiger charge is 2.15. The molecular formula is C14H24N4. The molecule has 0 bridgehead atoms. The fourth-order valence-corrected chi connectivity index (χ4v) is 2.64. The van der Waals surface area contributed by atoms with Crippen LogP contribution in [0.3, 0.4) is 0 Å². The van der Waals surface area contributed by atoms with Gasteiger partial charge in [-0.25, -0.2) is 4.98 Å². The van der Waals surface area contributed by atoms with E-state index in [1.165, 1.54) is 25.7 Å². The topological polar surface area (TPSA) is 42.7 Å². The lowest BCUT2D eigenvalue weighted by atomic mass is 9.93. The second-order valence-electron chi connectivity index (χ2n) is 5.07. The van der Waals surface area contributed by atoms with Gasteiger partial charge in [0.1, 0.15) is 12.2 Å². The van der Waals surface area contributed by atoms with Crippen molar-refractivity contribution in [2.75, 3.05) is 6.54 Å². The Hall–Kier alpha value is -1.16. The van der Waals surface area contributed by atoms with Crippen molar-refractivity contribution < 1.29 is 0 Å². The molecule has 1 heterocycles. The van der Waals surface area contributed by atoms with E-state index in [2.05, 4.69) is 28.4 Å². The molecule has 2 rings (SSSR count). The molecule has 4 heteroatoms. The minimum Gasteiger partial charge on any atom is -0.313 e. The van der Waals surface area contributed by atoms with E-state index in [4.69, 9.17) is 0 Å². The number of hydrogen-bond donors (Lipinski definition) is 1. The molecule has 0 amide bonds. The Morgan fingerprint density at radius 2 is 2.28 bits per heavy atom. The van der Waals surface area contributed by atoms with Crippen LogP contribution in [0.2, 0.25) is 0 Å². The van der Waals surface area contributed by atoms with Gasteiger partial charge >= 0.3 is 0 Å². The van der Waals surface area contributed by atoms with Gasteiger partial charge in [-0.05, 0) is 38.6 Å². The molecule has 0 spiro atoms. The van der Waals surface area contributed by atoms with Crippen molar-refractivity contribution in [2.24, 2.45) is 7.05 Å². The Morgan fingerprint density at radius 3 is 2.89 bits per heavy atom. The molecule has 100 valence electrons. The third-order valence-corrected chi connectivity index (χ3v) is 3.62. The highest BCUT2D eigenvalue weighted by Crippen LogP contribution is 2.22. The van der Waals surface area contributed by atoms with Crippen molar-refractivity contribution in [1.29, 1.82) is 0 Å². The molecule has 1 aromatic heterocycles. The van der Waals surface area contributed by atoms with Gasteiger partial charge in [0.15, 0.2) is 0 Å². The maximum Gasteiger partial charge on any atom is 0.138 e. The number of likely N-dealkylation sites (N-methyl/N-ethyl adjacent to an activating group) is 1. The van der Waals surface area contributed by atoms with E-state index in [-0.39, 0.29) is 0 Å². The monoisotopic (exact) mass is 248 g/mol. The summed E-state index contributed by atoms with van der Waals surface area (Å²) >= 11 is 0. The fraction of sp³-hybridized carbons (Fsp3) is 0.714. The van der Waals surface area contributed by atoms with E-state index in [1.54, 1.807) is 11.9 Å². The number of aromatic nitrogens is 3. The number of nitrogens with one attached hydrogen (secondary N) is 1. The largest absolute Gasteiger partial charge is 0.313 e. The van der Waals surface area contributed by atoms with Crippen molar-refractivity contribution in [3.63, 3.8) is 0 Å². The quantitative estimate of drug-likeness (QED) is 0.785. The summed E-state index contributed by atoms with van der Waals surface area (Å²) in [6, 6.07) is 0.488. The van der Waals surface area contributed by atoms with Crippen LogP contribution < -0.4 is 5.32 Å². The van der Waals surface area contributed by atoms with Crippen molar-refractivity contribution in [3.05, 3.63) is 23.8 Å². The Labute approximate surface area is 109 Å². The van der Waals surface area contributed by atoms with Gasteiger partial charge < -0.3 is 5.32 Å². The molecule has 0 saturated heterocycles. The normalized spacial score (nSPS) is 17.6. The maximum absolute atomic E-state index is 4.32. The zero-order valence-corrected chi connectivity index (χ0v) is 11.5. The van der Waals surface area contributed by atoms with Crippen LogP contribution in [-0.4, -0.2) is 27.4 Å². The van der Waals surface area contributed by atoms with Crippen LogP contribution in [0.15, 0.2) is 18.0 Å². The highest BCUT2D eigenvalue weighted by molar-refractivity contribution is 5.08. The first-order valence-electron chi connectivity index (χ1n) is 7.03. The van der Waals surface area contributed by atoms with Gasteiger partial charge in [-0.3, -0.25) is 4.68 Å². The van der Waals surface area contributed by atoms with Gasteiger partial charge in [-0.2, -0.15) is 5.10 Å². The van der Waals surface area contributed by atoms with E-state index in [0.29, 0.717) is 6.04 Å². The molecule has 0 radical (unpaired) electrons. The molecule has 1 N–H and O–H groups in total. The van der Waals surface area contributed by atoms with E-state index in [0.717, 1.165) is 25.2 Å². The Morgan fingerprint density at radius 1 is 1.39 bits per heavy atom. The molecule has 1 aliphatic rings. The molecule has 0 fully saturated rings. The van der Waals surface area contributed by atoms with Gasteiger partial charge in [0.25, 0.3) is 0 Å². The zero-order valence-electron chi connectivity index (χ0n) is 11.5. The minimum atomic E-state index is 0.488. The summed E-state index contributed by atoms with van der Waals surface area (Å²) in [4.78, 5) is 4.32. The molecule has 0 aromatic carbocycles. The standard InChI is InChI=1S/C14H24N4/c1-3-15-13(9-12-7-5-4-6-8-12)10-14-16-11-17-18(14)2/h7,11,13,15H,3-6,8-10H2,1-2H3. The zero-order chi connectivity index (χ0) is 12.8. The van der Waals surface area contributed by atoms with Crippen molar-refractivity contribution in [1.82, 2.24) is 20.1 Å². The molecule has 1 aliphatic carbocycles. The van der Waals surface area contributed by atoms with E-state index in [9.17, 15) is 0 Å². The first-order valence-corrected chi connectivity index (χ1v) is 7.03.